The van der Waals surface area contributed by atoms with Gasteiger partial charge in [0.15, 0.2) is 0 Å². The Morgan fingerprint density at radius 2 is 1.71 bits per heavy atom. The fourth-order valence-electron chi connectivity index (χ4n) is 1.42. The van der Waals surface area contributed by atoms with Crippen molar-refractivity contribution in [3.8, 4) is 0 Å². The lowest BCUT2D eigenvalue weighted by molar-refractivity contribution is -0.140. The van der Waals surface area contributed by atoms with Crippen molar-refractivity contribution in [3.05, 3.63) is 35.9 Å². The first-order valence-corrected chi connectivity index (χ1v) is 9.56. The minimum absolute atomic E-state index is 0.0526. The van der Waals surface area contributed by atoms with Crippen LogP contribution in [0, 0.1) is 5.92 Å². The minimum atomic E-state index is -1.17. The van der Waals surface area contributed by atoms with Gasteiger partial charge in [-0.15, -0.1) is 0 Å². The van der Waals surface area contributed by atoms with Crippen LogP contribution >= 0.6 is 21.6 Å². The molecule has 7 nitrogen and oxygen atoms in total. The van der Waals surface area contributed by atoms with Crippen LogP contribution in [-0.2, 0) is 20.9 Å². The van der Waals surface area contributed by atoms with Gasteiger partial charge in [0.2, 0.25) is 0 Å². The Kier molecular flexibility index (Phi) is 9.10. The van der Waals surface area contributed by atoms with Crippen molar-refractivity contribution in [3.63, 3.8) is 0 Å². The molecule has 0 unspecified atom stereocenters. The Balaban J connectivity index is 2.32. The number of benzene rings is 1. The van der Waals surface area contributed by atoms with Crippen LogP contribution in [0.5, 0.6) is 0 Å². The standard InChI is InChI=1S/C15H19NO6S2/c1-10(13(17)18)8-23-24-9-12(14(19)20)16-15(21)22-7-11-5-3-2-4-6-11/h2-6,10,12H,7-9H2,1H3,(H,16,21)(H,17,18)(H,19,20)/t10-,12-/m0/s1. The second-order valence-corrected chi connectivity index (χ2v) is 7.46. The van der Waals surface area contributed by atoms with E-state index in [1.54, 1.807) is 19.1 Å². The number of carboxylic acids is 2. The third-order valence-electron chi connectivity index (χ3n) is 2.86. The summed E-state index contributed by atoms with van der Waals surface area (Å²) in [6, 6.07) is 7.93. The molecule has 2 atom stereocenters. The van der Waals surface area contributed by atoms with Crippen LogP contribution in [0.1, 0.15) is 12.5 Å². The molecule has 0 aliphatic carbocycles. The van der Waals surface area contributed by atoms with Gasteiger partial charge < -0.3 is 20.3 Å². The van der Waals surface area contributed by atoms with Crippen LogP contribution in [-0.4, -0.2) is 45.8 Å². The van der Waals surface area contributed by atoms with E-state index in [0.717, 1.165) is 5.56 Å². The number of rotatable bonds is 10. The normalized spacial score (nSPS) is 12.9. The first kappa shape index (κ1) is 20.2. The molecule has 0 bridgehead atoms. The summed E-state index contributed by atoms with van der Waals surface area (Å²) in [5, 5.41) is 20.2. The molecule has 0 saturated carbocycles. The molecule has 0 heterocycles. The first-order chi connectivity index (χ1) is 11.4. The van der Waals surface area contributed by atoms with Crippen molar-refractivity contribution in [2.24, 2.45) is 5.92 Å². The zero-order valence-electron chi connectivity index (χ0n) is 13.0. The van der Waals surface area contributed by atoms with Crippen LogP contribution in [0.2, 0.25) is 0 Å². The SMILES string of the molecule is C[C@@H](CSSC[C@H](NC(=O)OCc1ccccc1)C(=O)O)C(=O)O. The summed E-state index contributed by atoms with van der Waals surface area (Å²) < 4.78 is 4.98. The van der Waals surface area contributed by atoms with Crippen LogP contribution in [0.4, 0.5) is 4.79 Å². The van der Waals surface area contributed by atoms with Crippen molar-refractivity contribution < 1.29 is 29.3 Å². The second kappa shape index (κ2) is 10.8. The summed E-state index contributed by atoms with van der Waals surface area (Å²) in [7, 11) is 2.45. The van der Waals surface area contributed by atoms with Crippen LogP contribution < -0.4 is 5.32 Å². The summed E-state index contributed by atoms with van der Waals surface area (Å²) in [4.78, 5) is 33.5. The maximum atomic E-state index is 11.7. The highest BCUT2D eigenvalue weighted by molar-refractivity contribution is 8.76. The highest BCUT2D eigenvalue weighted by Gasteiger charge is 2.21. The summed E-state index contributed by atoms with van der Waals surface area (Å²) in [6.07, 6.45) is -0.809. The average Bonchev–Trinajstić information content (AvgIpc) is 2.56. The Morgan fingerprint density at radius 1 is 1.08 bits per heavy atom. The van der Waals surface area contributed by atoms with Crippen molar-refractivity contribution in [1.82, 2.24) is 5.32 Å². The van der Waals surface area contributed by atoms with Crippen molar-refractivity contribution >= 4 is 39.6 Å². The van der Waals surface area contributed by atoms with Gasteiger partial charge in [0.25, 0.3) is 0 Å². The lowest BCUT2D eigenvalue weighted by Gasteiger charge is -2.14. The van der Waals surface area contributed by atoms with Gasteiger partial charge in [-0.2, -0.15) is 0 Å². The van der Waals surface area contributed by atoms with E-state index in [1.165, 1.54) is 21.6 Å². The van der Waals surface area contributed by atoms with Gasteiger partial charge in [-0.3, -0.25) is 4.79 Å². The van der Waals surface area contributed by atoms with E-state index in [-0.39, 0.29) is 12.4 Å². The number of hydrogen-bond acceptors (Lipinski definition) is 6. The van der Waals surface area contributed by atoms with Gasteiger partial charge >= 0.3 is 18.0 Å². The number of nitrogens with one attached hydrogen (secondary N) is 1. The number of hydrogen-bond donors (Lipinski definition) is 3. The number of carbonyl (C=O) groups excluding carboxylic acids is 1. The minimum Gasteiger partial charge on any atom is -0.481 e. The highest BCUT2D eigenvalue weighted by Crippen LogP contribution is 2.24. The molecule has 0 saturated heterocycles. The Morgan fingerprint density at radius 3 is 2.29 bits per heavy atom. The monoisotopic (exact) mass is 373 g/mol. The predicted octanol–water partition coefficient (Wildman–Crippen LogP) is 2.47. The largest absolute Gasteiger partial charge is 0.481 e. The molecule has 9 heteroatoms. The molecule has 1 aromatic rings. The van der Waals surface area contributed by atoms with E-state index in [9.17, 15) is 14.4 Å². The molecule has 0 aromatic heterocycles. The molecule has 3 N–H and O–H groups in total. The summed E-state index contributed by atoms with van der Waals surface area (Å²) in [5.41, 5.74) is 0.798. The van der Waals surface area contributed by atoms with Gasteiger partial charge in [-0.05, 0) is 5.56 Å². The van der Waals surface area contributed by atoms with Crippen molar-refractivity contribution in [2.75, 3.05) is 11.5 Å². The van der Waals surface area contributed by atoms with Gasteiger partial charge in [0.05, 0.1) is 5.92 Å². The number of alkyl carbamates (subject to hydrolysis) is 1. The molecule has 0 fully saturated rings. The zero-order valence-corrected chi connectivity index (χ0v) is 14.6. The van der Waals surface area contributed by atoms with E-state index >= 15 is 0 Å². The van der Waals surface area contributed by atoms with Crippen LogP contribution in [0.25, 0.3) is 0 Å². The Bertz CT molecular complexity index is 554. The number of amides is 1. The molecule has 132 valence electrons. The van der Waals surface area contributed by atoms with Gasteiger partial charge in [-0.1, -0.05) is 58.8 Å². The molecule has 0 aliphatic heterocycles. The predicted molar refractivity (Wildman–Crippen MR) is 92.9 cm³/mol. The Hall–Kier alpha value is -1.87. The highest BCUT2D eigenvalue weighted by atomic mass is 33.1. The molecular formula is C15H19NO6S2. The zero-order chi connectivity index (χ0) is 17.9. The summed E-state index contributed by atoms with van der Waals surface area (Å²) >= 11 is 0. The molecule has 1 rings (SSSR count). The maximum absolute atomic E-state index is 11.7. The van der Waals surface area contributed by atoms with E-state index in [4.69, 9.17) is 14.9 Å². The fourth-order valence-corrected chi connectivity index (χ4v) is 3.92. The molecule has 0 aliphatic rings. The lowest BCUT2D eigenvalue weighted by atomic mass is 10.2. The fraction of sp³-hybridized carbons (Fsp3) is 0.400. The lowest BCUT2D eigenvalue weighted by Crippen LogP contribution is -2.42. The average molecular weight is 373 g/mol. The topological polar surface area (TPSA) is 113 Å². The number of aliphatic carboxylic acids is 2. The molecule has 24 heavy (non-hydrogen) atoms. The third-order valence-corrected chi connectivity index (χ3v) is 5.45. The number of carboxylic acid groups (broad SMARTS) is 2. The van der Waals surface area contributed by atoms with E-state index in [2.05, 4.69) is 5.32 Å². The molecule has 0 radical (unpaired) electrons. The number of ether oxygens (including phenoxy) is 1. The summed E-state index contributed by atoms with van der Waals surface area (Å²) in [6.45, 7) is 1.63. The smallest absolute Gasteiger partial charge is 0.408 e. The van der Waals surface area contributed by atoms with Gasteiger partial charge in [-0.25, -0.2) is 9.59 Å². The van der Waals surface area contributed by atoms with E-state index in [1.807, 2.05) is 18.2 Å². The van der Waals surface area contributed by atoms with Crippen LogP contribution in [0.15, 0.2) is 30.3 Å². The van der Waals surface area contributed by atoms with Crippen molar-refractivity contribution in [1.29, 1.82) is 0 Å². The first-order valence-electron chi connectivity index (χ1n) is 7.07. The van der Waals surface area contributed by atoms with Gasteiger partial charge in [0.1, 0.15) is 12.6 Å². The quantitative estimate of drug-likeness (QED) is 0.423. The molecule has 1 amide bonds. The third kappa shape index (κ3) is 8.11. The second-order valence-electron chi connectivity index (χ2n) is 4.91. The maximum Gasteiger partial charge on any atom is 0.408 e. The van der Waals surface area contributed by atoms with Crippen LogP contribution in [0.3, 0.4) is 0 Å². The van der Waals surface area contributed by atoms with E-state index < -0.39 is 30.0 Å². The molecule has 1 aromatic carbocycles. The van der Waals surface area contributed by atoms with E-state index in [0.29, 0.717) is 5.75 Å². The van der Waals surface area contributed by atoms with Gasteiger partial charge in [0, 0.05) is 11.5 Å². The number of carbonyl (C=O) groups is 3. The Labute approximate surface area is 147 Å². The molecular weight excluding hydrogens is 354 g/mol. The molecule has 0 spiro atoms. The van der Waals surface area contributed by atoms with Crippen molar-refractivity contribution in [2.45, 2.75) is 19.6 Å². The summed E-state index contributed by atoms with van der Waals surface area (Å²) in [5.74, 6) is -2.14.